The normalized spacial score (nSPS) is 24.8. The molecule has 68 valence electrons. The lowest BCUT2D eigenvalue weighted by Gasteiger charge is -2.20. The molecule has 1 heterocycles. The van der Waals surface area contributed by atoms with Crippen molar-refractivity contribution >= 4 is 22.6 Å². The van der Waals surface area contributed by atoms with Crippen molar-refractivity contribution in [1.29, 1.82) is 0 Å². The van der Waals surface area contributed by atoms with Crippen LogP contribution < -0.4 is 5.73 Å². The van der Waals surface area contributed by atoms with Crippen LogP contribution >= 0.6 is 11.6 Å². The highest BCUT2D eigenvalue weighted by molar-refractivity contribution is 6.65. The summed E-state index contributed by atoms with van der Waals surface area (Å²) in [4.78, 5) is 0. The third kappa shape index (κ3) is 1.88. The van der Waals surface area contributed by atoms with E-state index < -0.39 is 24.4 Å². The second-order valence-corrected chi connectivity index (χ2v) is 2.74. The fraction of sp³-hybridized carbons (Fsp3) is 0.600. The minimum absolute atomic E-state index is 0.175. The van der Waals surface area contributed by atoms with Crippen molar-refractivity contribution in [3.8, 4) is 0 Å². The minimum Gasteiger partial charge on any atom is -0.385 e. The van der Waals surface area contributed by atoms with Gasteiger partial charge in [0.25, 0.3) is 0 Å². The topological polar surface area (TPSA) is 50.7 Å². The first kappa shape index (κ1) is 9.31. The van der Waals surface area contributed by atoms with Crippen molar-refractivity contribution in [2.45, 2.75) is 12.6 Å². The van der Waals surface area contributed by atoms with E-state index >= 15 is 0 Å². The highest BCUT2D eigenvalue weighted by Gasteiger charge is 2.44. The van der Waals surface area contributed by atoms with Crippen LogP contribution in [0.2, 0.25) is 0 Å². The Morgan fingerprint density at radius 2 is 2.00 bits per heavy atom. The Morgan fingerprint density at radius 3 is 2.42 bits per heavy atom. The second-order valence-electron chi connectivity index (χ2n) is 2.30. The molecule has 7 heteroatoms. The number of alkyl halides is 3. The molecule has 0 spiro atoms. The van der Waals surface area contributed by atoms with Crippen LogP contribution in [0, 0.1) is 5.92 Å². The van der Waals surface area contributed by atoms with Crippen LogP contribution in [0.25, 0.3) is 0 Å². The number of rotatable bonds is 0. The van der Waals surface area contributed by atoms with Gasteiger partial charge in [-0.25, -0.2) is 0 Å². The Balaban J connectivity index is 2.84. The predicted molar refractivity (Wildman–Crippen MR) is 39.1 cm³/mol. The first-order chi connectivity index (χ1) is 5.41. The lowest BCUT2D eigenvalue weighted by Crippen LogP contribution is -2.38. The summed E-state index contributed by atoms with van der Waals surface area (Å²) in [5.74, 6) is -2.32. The van der Waals surface area contributed by atoms with Gasteiger partial charge >= 0.3 is 6.18 Å². The van der Waals surface area contributed by atoms with E-state index in [-0.39, 0.29) is 5.17 Å². The predicted octanol–water partition coefficient (Wildman–Crippen LogP) is 1.48. The minimum atomic E-state index is -4.40. The molecule has 0 amide bonds. The summed E-state index contributed by atoms with van der Waals surface area (Å²) in [6, 6.07) is 0. The smallest absolute Gasteiger partial charge is 0.385 e. The van der Waals surface area contributed by atoms with Gasteiger partial charge in [-0.1, -0.05) is 11.6 Å². The molecule has 1 aliphatic rings. The standard InChI is InChI=1S/C5H5ClF3N3/c6-3-1-2(5(7,8)9)4(10)12-11-3/h2H,1H2,(H2,10,12). The lowest BCUT2D eigenvalue weighted by molar-refractivity contribution is -0.153. The third-order valence-corrected chi connectivity index (χ3v) is 1.63. The van der Waals surface area contributed by atoms with Crippen molar-refractivity contribution in [3.05, 3.63) is 0 Å². The van der Waals surface area contributed by atoms with E-state index in [9.17, 15) is 13.2 Å². The zero-order valence-corrected chi connectivity index (χ0v) is 6.52. The van der Waals surface area contributed by atoms with Gasteiger partial charge in [-0.15, -0.1) is 10.2 Å². The Hall–Kier alpha value is -0.780. The molecule has 3 nitrogen and oxygen atoms in total. The molecule has 0 saturated carbocycles. The van der Waals surface area contributed by atoms with Gasteiger partial charge < -0.3 is 5.73 Å². The van der Waals surface area contributed by atoms with Crippen LogP contribution in [0.5, 0.6) is 0 Å². The lowest BCUT2D eigenvalue weighted by atomic mass is 10.0. The molecule has 0 aromatic rings. The van der Waals surface area contributed by atoms with E-state index in [1.165, 1.54) is 0 Å². The second kappa shape index (κ2) is 2.93. The molecule has 1 rings (SSSR count). The van der Waals surface area contributed by atoms with E-state index in [4.69, 9.17) is 17.3 Å². The van der Waals surface area contributed by atoms with Crippen LogP contribution in [-0.2, 0) is 0 Å². The summed E-state index contributed by atoms with van der Waals surface area (Å²) in [6.45, 7) is 0. The van der Waals surface area contributed by atoms with Gasteiger partial charge in [-0.05, 0) is 0 Å². The van der Waals surface area contributed by atoms with Crippen molar-refractivity contribution in [3.63, 3.8) is 0 Å². The fourth-order valence-corrected chi connectivity index (χ4v) is 0.971. The quantitative estimate of drug-likeness (QED) is 0.631. The number of hydrogen-bond donors (Lipinski definition) is 1. The van der Waals surface area contributed by atoms with Crippen molar-refractivity contribution in [2.75, 3.05) is 0 Å². The molecule has 1 atom stereocenters. The Labute approximate surface area is 71.1 Å². The third-order valence-electron chi connectivity index (χ3n) is 1.40. The molecule has 0 fully saturated rings. The van der Waals surface area contributed by atoms with Crippen molar-refractivity contribution < 1.29 is 13.2 Å². The van der Waals surface area contributed by atoms with E-state index in [1.54, 1.807) is 0 Å². The molecule has 2 N–H and O–H groups in total. The molecule has 1 unspecified atom stereocenters. The molecular weight excluding hydrogens is 195 g/mol. The van der Waals surface area contributed by atoms with Gasteiger partial charge in [0.05, 0.1) is 0 Å². The van der Waals surface area contributed by atoms with E-state index in [0.717, 1.165) is 0 Å². The van der Waals surface area contributed by atoms with Crippen LogP contribution in [0.15, 0.2) is 10.2 Å². The summed E-state index contributed by atoms with van der Waals surface area (Å²) in [7, 11) is 0. The fourth-order valence-electron chi connectivity index (χ4n) is 0.779. The van der Waals surface area contributed by atoms with Gasteiger partial charge in [0.15, 0.2) is 0 Å². The summed E-state index contributed by atoms with van der Waals surface area (Å²) in [5, 5.41) is 6.13. The summed E-state index contributed by atoms with van der Waals surface area (Å²) in [5.41, 5.74) is 4.99. The number of halogens is 4. The van der Waals surface area contributed by atoms with E-state index in [2.05, 4.69) is 10.2 Å². The summed E-state index contributed by atoms with van der Waals surface area (Å²) >= 11 is 5.27. The first-order valence-electron chi connectivity index (χ1n) is 3.03. The van der Waals surface area contributed by atoms with Gasteiger partial charge in [0.1, 0.15) is 16.9 Å². The molecular formula is C5H5ClF3N3. The summed E-state index contributed by atoms with van der Waals surface area (Å²) < 4.78 is 36.3. The molecule has 1 aliphatic heterocycles. The molecule has 12 heavy (non-hydrogen) atoms. The summed E-state index contributed by atoms with van der Waals surface area (Å²) in [6.07, 6.45) is -4.82. The zero-order valence-electron chi connectivity index (χ0n) is 5.77. The molecule has 0 aromatic heterocycles. The maximum absolute atomic E-state index is 12.1. The van der Waals surface area contributed by atoms with Gasteiger partial charge in [0, 0.05) is 6.42 Å². The van der Waals surface area contributed by atoms with E-state index in [1.807, 2.05) is 0 Å². The number of nitrogens with zero attached hydrogens (tertiary/aromatic N) is 2. The maximum Gasteiger partial charge on any atom is 0.399 e. The molecule has 0 aromatic carbocycles. The molecule has 0 radical (unpaired) electrons. The number of hydrogen-bond acceptors (Lipinski definition) is 3. The van der Waals surface area contributed by atoms with Crippen LogP contribution in [0.4, 0.5) is 13.2 Å². The van der Waals surface area contributed by atoms with Crippen LogP contribution in [-0.4, -0.2) is 17.2 Å². The average molecular weight is 200 g/mol. The first-order valence-corrected chi connectivity index (χ1v) is 3.41. The monoisotopic (exact) mass is 199 g/mol. The molecule has 0 bridgehead atoms. The van der Waals surface area contributed by atoms with Gasteiger partial charge in [-0.3, -0.25) is 0 Å². The highest BCUT2D eigenvalue weighted by Crippen LogP contribution is 2.31. The van der Waals surface area contributed by atoms with Gasteiger partial charge in [0.2, 0.25) is 0 Å². The molecule has 0 aliphatic carbocycles. The zero-order chi connectivity index (χ0) is 9.35. The van der Waals surface area contributed by atoms with Crippen LogP contribution in [0.1, 0.15) is 6.42 Å². The van der Waals surface area contributed by atoms with Gasteiger partial charge in [-0.2, -0.15) is 13.2 Å². The Kier molecular flexibility index (Phi) is 2.27. The largest absolute Gasteiger partial charge is 0.399 e. The SMILES string of the molecule is NC1=NN=C(Cl)CC1C(F)(F)F. The Bertz CT molecular complexity index is 245. The number of nitrogens with two attached hydrogens (primary N) is 1. The van der Waals surface area contributed by atoms with Crippen LogP contribution in [0.3, 0.4) is 0 Å². The van der Waals surface area contributed by atoms with E-state index in [0.29, 0.717) is 0 Å². The number of amidine groups is 1. The van der Waals surface area contributed by atoms with Crippen molar-refractivity contribution in [1.82, 2.24) is 0 Å². The van der Waals surface area contributed by atoms with Crippen molar-refractivity contribution in [2.24, 2.45) is 21.9 Å². The maximum atomic E-state index is 12.1. The molecule has 0 saturated heterocycles. The highest BCUT2D eigenvalue weighted by atomic mass is 35.5. The Morgan fingerprint density at radius 1 is 1.42 bits per heavy atom. The average Bonchev–Trinajstić information content (AvgIpc) is 1.92.